The maximum absolute atomic E-state index is 10.3. The van der Waals surface area contributed by atoms with E-state index < -0.39 is 11.7 Å². The Bertz CT molecular complexity index is 709. The van der Waals surface area contributed by atoms with Crippen LogP contribution in [0, 0.1) is 17.3 Å². The maximum Gasteiger partial charge on any atom is 0.0788 e. The second kappa shape index (κ2) is 13.1. The van der Waals surface area contributed by atoms with Crippen LogP contribution in [-0.2, 0) is 0 Å². The number of unbranched alkanes of at least 4 members (excludes halogenated alkanes) is 1. The number of fused-ring (bicyclic) bond motifs is 1. The van der Waals surface area contributed by atoms with E-state index >= 15 is 0 Å². The van der Waals surface area contributed by atoms with Gasteiger partial charge in [-0.1, -0.05) is 55.2 Å². The Morgan fingerprint density at radius 2 is 1.82 bits per heavy atom. The van der Waals surface area contributed by atoms with E-state index in [-0.39, 0.29) is 6.61 Å². The van der Waals surface area contributed by atoms with Crippen molar-refractivity contribution in [1.29, 1.82) is 0 Å². The Morgan fingerprint density at radius 1 is 1.09 bits per heavy atom. The van der Waals surface area contributed by atoms with Crippen molar-refractivity contribution in [1.82, 2.24) is 0 Å². The fraction of sp³-hybridized carbons (Fsp3) is 0.733. The smallest absolute Gasteiger partial charge is 0.0788 e. The van der Waals surface area contributed by atoms with E-state index in [1.807, 2.05) is 20.8 Å². The normalized spacial score (nSPS) is 33.7. The Balaban J connectivity index is 0.00000122. The Morgan fingerprint density at radius 3 is 2.45 bits per heavy atom. The van der Waals surface area contributed by atoms with Crippen LogP contribution < -0.4 is 0 Å². The molecule has 3 rings (SSSR count). The minimum absolute atomic E-state index is 0.0225. The molecule has 188 valence electrons. The van der Waals surface area contributed by atoms with Gasteiger partial charge < -0.3 is 15.3 Å². The Labute approximate surface area is 203 Å². The molecule has 0 bridgehead atoms. The van der Waals surface area contributed by atoms with Crippen molar-refractivity contribution in [3.05, 3.63) is 47.6 Å². The molecule has 3 saturated carbocycles. The van der Waals surface area contributed by atoms with E-state index in [0.29, 0.717) is 11.8 Å². The van der Waals surface area contributed by atoms with Gasteiger partial charge in [0.15, 0.2) is 0 Å². The van der Waals surface area contributed by atoms with Crippen LogP contribution in [0.25, 0.3) is 0 Å². The van der Waals surface area contributed by atoms with Crippen LogP contribution in [0.15, 0.2) is 47.6 Å². The zero-order valence-corrected chi connectivity index (χ0v) is 21.8. The molecule has 3 heteroatoms. The summed E-state index contributed by atoms with van der Waals surface area (Å²) in [6.45, 7) is 11.7. The summed E-state index contributed by atoms with van der Waals surface area (Å²) in [5.41, 5.74) is 3.90. The largest absolute Gasteiger partial charge is 0.392 e. The van der Waals surface area contributed by atoms with E-state index in [1.165, 1.54) is 50.5 Å². The second-order valence-corrected chi connectivity index (χ2v) is 11.4. The molecule has 0 aromatic rings. The first-order valence-electron chi connectivity index (χ1n) is 13.3. The van der Waals surface area contributed by atoms with Gasteiger partial charge in [0.05, 0.1) is 18.3 Å². The highest BCUT2D eigenvalue weighted by atomic mass is 16.3. The SMILES string of the molecule is C=CC.CC(C)(O)CCCCC1CCC2/C(=C/C=C3/CC/C(=C\CO)[C@H](O)C3)CCCC12C. The van der Waals surface area contributed by atoms with Gasteiger partial charge in [0.2, 0.25) is 0 Å². The first kappa shape index (κ1) is 28.1. The van der Waals surface area contributed by atoms with Crippen molar-refractivity contribution < 1.29 is 15.3 Å². The molecule has 3 aliphatic rings. The fourth-order valence-corrected chi connectivity index (χ4v) is 6.45. The molecule has 3 N–H and O–H groups in total. The lowest BCUT2D eigenvalue weighted by atomic mass is 9.62. The lowest BCUT2D eigenvalue weighted by Gasteiger charge is -2.42. The van der Waals surface area contributed by atoms with Crippen LogP contribution in [0.1, 0.15) is 105 Å². The third-order valence-corrected chi connectivity index (χ3v) is 8.26. The van der Waals surface area contributed by atoms with Gasteiger partial charge in [0, 0.05) is 0 Å². The molecule has 3 fully saturated rings. The van der Waals surface area contributed by atoms with Crippen molar-refractivity contribution >= 4 is 0 Å². The van der Waals surface area contributed by atoms with Gasteiger partial charge in [-0.3, -0.25) is 0 Å². The summed E-state index contributed by atoms with van der Waals surface area (Å²) < 4.78 is 0. The van der Waals surface area contributed by atoms with Crippen LogP contribution in [-0.4, -0.2) is 33.6 Å². The van der Waals surface area contributed by atoms with E-state index in [9.17, 15) is 10.2 Å². The Hall–Kier alpha value is -1.16. The van der Waals surface area contributed by atoms with Crippen molar-refractivity contribution in [3.63, 3.8) is 0 Å². The van der Waals surface area contributed by atoms with Crippen molar-refractivity contribution in [2.75, 3.05) is 6.61 Å². The predicted octanol–water partition coefficient (Wildman–Crippen LogP) is 7.04. The van der Waals surface area contributed by atoms with E-state index in [1.54, 1.807) is 17.7 Å². The zero-order valence-electron chi connectivity index (χ0n) is 21.8. The first-order valence-corrected chi connectivity index (χ1v) is 13.3. The number of aliphatic hydroxyl groups is 3. The number of aliphatic hydroxyl groups excluding tert-OH is 2. The summed E-state index contributed by atoms with van der Waals surface area (Å²) in [5.74, 6) is 1.55. The molecule has 0 aromatic carbocycles. The summed E-state index contributed by atoms with van der Waals surface area (Å²) in [6.07, 6.45) is 21.5. The molecule has 3 nitrogen and oxygen atoms in total. The minimum Gasteiger partial charge on any atom is -0.392 e. The average molecular weight is 459 g/mol. The van der Waals surface area contributed by atoms with Crippen LogP contribution in [0.2, 0.25) is 0 Å². The zero-order chi connectivity index (χ0) is 24.5. The van der Waals surface area contributed by atoms with E-state index in [0.717, 1.165) is 43.1 Å². The van der Waals surface area contributed by atoms with Gasteiger partial charge in [-0.05, 0) is 108 Å². The van der Waals surface area contributed by atoms with Gasteiger partial charge in [0.25, 0.3) is 0 Å². The monoisotopic (exact) mass is 458 g/mol. The number of allylic oxidation sites excluding steroid dienone is 4. The highest BCUT2D eigenvalue weighted by Crippen LogP contribution is 2.58. The number of hydrogen-bond acceptors (Lipinski definition) is 3. The quantitative estimate of drug-likeness (QED) is 0.283. The van der Waals surface area contributed by atoms with Crippen LogP contribution >= 0.6 is 0 Å². The summed E-state index contributed by atoms with van der Waals surface area (Å²) in [7, 11) is 0. The maximum atomic E-state index is 10.3. The third-order valence-electron chi connectivity index (χ3n) is 8.26. The highest BCUT2D eigenvalue weighted by molar-refractivity contribution is 5.28. The molecule has 0 heterocycles. The van der Waals surface area contributed by atoms with Gasteiger partial charge in [-0.2, -0.15) is 0 Å². The van der Waals surface area contributed by atoms with E-state index in [4.69, 9.17) is 5.11 Å². The van der Waals surface area contributed by atoms with Crippen LogP contribution in [0.5, 0.6) is 0 Å². The van der Waals surface area contributed by atoms with Gasteiger partial charge in [-0.15, -0.1) is 6.58 Å². The number of rotatable bonds is 7. The summed E-state index contributed by atoms with van der Waals surface area (Å²) in [5, 5.41) is 29.4. The molecular formula is C30H50O3. The molecule has 3 aliphatic carbocycles. The van der Waals surface area contributed by atoms with Crippen LogP contribution in [0.3, 0.4) is 0 Å². The molecule has 4 atom stereocenters. The number of hydrogen-bond donors (Lipinski definition) is 3. The predicted molar refractivity (Wildman–Crippen MR) is 140 cm³/mol. The summed E-state index contributed by atoms with van der Waals surface area (Å²) >= 11 is 0. The lowest BCUT2D eigenvalue weighted by molar-refractivity contribution is 0.0659. The molecule has 0 spiro atoms. The van der Waals surface area contributed by atoms with Crippen LogP contribution in [0.4, 0.5) is 0 Å². The molecule has 0 radical (unpaired) electrons. The highest BCUT2D eigenvalue weighted by Gasteiger charge is 2.48. The average Bonchev–Trinajstić information content (AvgIpc) is 3.08. The molecule has 0 amide bonds. The summed E-state index contributed by atoms with van der Waals surface area (Å²) in [6, 6.07) is 0. The molecule has 0 aromatic heterocycles. The molecule has 0 aliphatic heterocycles. The van der Waals surface area contributed by atoms with Crippen molar-refractivity contribution in [2.24, 2.45) is 17.3 Å². The topological polar surface area (TPSA) is 60.7 Å². The fourth-order valence-electron chi connectivity index (χ4n) is 6.45. The molecule has 0 saturated heterocycles. The first-order chi connectivity index (χ1) is 15.6. The minimum atomic E-state index is -0.530. The molecular weight excluding hydrogens is 408 g/mol. The molecule has 3 unspecified atom stereocenters. The van der Waals surface area contributed by atoms with E-state index in [2.05, 4.69) is 25.7 Å². The van der Waals surface area contributed by atoms with Crippen molar-refractivity contribution in [3.8, 4) is 0 Å². The Kier molecular flexibility index (Phi) is 11.1. The van der Waals surface area contributed by atoms with Crippen molar-refractivity contribution in [2.45, 2.75) is 116 Å². The van der Waals surface area contributed by atoms with Gasteiger partial charge in [0.1, 0.15) is 0 Å². The second-order valence-electron chi connectivity index (χ2n) is 11.4. The standard InChI is InChI=1S/C27H44O3.C3H6/c1-26(2,30)16-5-4-8-23-13-14-24-21(7-6-17-27(23,24)3)11-9-20-10-12-22(15-18-28)25(29)19-20;1-3-2/h9,11,15,23-25,28-30H,4-8,10,12-14,16-19H2,1-3H3;3H,1H2,2H3/b20-9-,21-11+,22-15+;/t23?,24?,25-,27?;/m1./s1. The lowest BCUT2D eigenvalue weighted by Crippen LogP contribution is -2.33. The summed E-state index contributed by atoms with van der Waals surface area (Å²) in [4.78, 5) is 0. The third kappa shape index (κ3) is 8.23. The van der Waals surface area contributed by atoms with Gasteiger partial charge in [-0.25, -0.2) is 0 Å². The molecule has 33 heavy (non-hydrogen) atoms. The van der Waals surface area contributed by atoms with Gasteiger partial charge >= 0.3 is 0 Å².